The van der Waals surface area contributed by atoms with Crippen LogP contribution in [0.15, 0.2) is 24.3 Å². The van der Waals surface area contributed by atoms with Crippen LogP contribution in [0, 0.1) is 5.92 Å². The zero-order valence-electron chi connectivity index (χ0n) is 15.2. The smallest absolute Gasteiger partial charge is 0.224 e. The Kier molecular flexibility index (Phi) is 6.70. The van der Waals surface area contributed by atoms with Gasteiger partial charge in [0.05, 0.1) is 20.3 Å². The van der Waals surface area contributed by atoms with Gasteiger partial charge in [0.1, 0.15) is 5.75 Å². The van der Waals surface area contributed by atoms with Crippen LogP contribution in [0.4, 0.5) is 0 Å². The quantitative estimate of drug-likeness (QED) is 0.858. The van der Waals surface area contributed by atoms with Gasteiger partial charge in [-0.25, -0.2) is 0 Å². The summed E-state index contributed by atoms with van der Waals surface area (Å²) in [5, 5.41) is 3.36. The van der Waals surface area contributed by atoms with Gasteiger partial charge in [-0.2, -0.15) is 0 Å². The number of amides is 1. The van der Waals surface area contributed by atoms with Gasteiger partial charge in [-0.05, 0) is 49.3 Å². The van der Waals surface area contributed by atoms with Gasteiger partial charge in [0, 0.05) is 32.1 Å². The lowest BCUT2D eigenvalue weighted by atomic mass is 9.90. The lowest BCUT2D eigenvalue weighted by Crippen LogP contribution is -2.46. The van der Waals surface area contributed by atoms with Crippen molar-refractivity contribution in [2.75, 3.05) is 40.0 Å². The predicted octanol–water partition coefficient (Wildman–Crippen LogP) is 2.24. The molecule has 0 saturated carbocycles. The van der Waals surface area contributed by atoms with Crippen molar-refractivity contribution in [1.82, 2.24) is 10.2 Å². The number of ether oxygens (including phenoxy) is 2. The van der Waals surface area contributed by atoms with E-state index in [-0.39, 0.29) is 11.9 Å². The van der Waals surface area contributed by atoms with Crippen LogP contribution in [0.25, 0.3) is 0 Å². The van der Waals surface area contributed by atoms with Gasteiger partial charge >= 0.3 is 0 Å². The van der Waals surface area contributed by atoms with Crippen LogP contribution in [0.5, 0.6) is 5.75 Å². The van der Waals surface area contributed by atoms with E-state index in [9.17, 15) is 4.79 Å². The molecule has 3 rings (SSSR count). The van der Waals surface area contributed by atoms with E-state index in [0.717, 1.165) is 57.2 Å². The number of morpholine rings is 1. The number of benzene rings is 1. The summed E-state index contributed by atoms with van der Waals surface area (Å²) in [6, 6.07) is 8.54. The second-order valence-electron chi connectivity index (χ2n) is 7.14. The van der Waals surface area contributed by atoms with Crippen molar-refractivity contribution >= 4 is 5.91 Å². The summed E-state index contributed by atoms with van der Waals surface area (Å²) in [5.41, 5.74) is 1.36. The van der Waals surface area contributed by atoms with E-state index in [1.807, 2.05) is 17.0 Å². The molecule has 5 nitrogen and oxygen atoms in total. The standard InChI is InChI=1S/C20H30N2O3/c1-24-19-6-4-16(5-7-19)2-3-17-8-11-22(12-9-17)20(23)14-18-15-25-13-10-21-18/h4-7,17-18,21H,2-3,8-15H2,1H3. The first-order valence-corrected chi connectivity index (χ1v) is 9.46. The molecule has 2 aliphatic heterocycles. The fraction of sp³-hybridized carbons (Fsp3) is 0.650. The van der Waals surface area contributed by atoms with E-state index in [2.05, 4.69) is 17.4 Å². The number of methoxy groups -OCH3 is 1. The molecule has 0 bridgehead atoms. The molecule has 1 atom stereocenters. The number of aryl methyl sites for hydroxylation is 1. The molecule has 1 amide bonds. The van der Waals surface area contributed by atoms with Crippen LogP contribution in [-0.2, 0) is 16.0 Å². The summed E-state index contributed by atoms with van der Waals surface area (Å²) in [7, 11) is 1.70. The van der Waals surface area contributed by atoms with E-state index < -0.39 is 0 Å². The van der Waals surface area contributed by atoms with Crippen molar-refractivity contribution < 1.29 is 14.3 Å². The summed E-state index contributed by atoms with van der Waals surface area (Å²) in [6.07, 6.45) is 5.11. The van der Waals surface area contributed by atoms with E-state index in [0.29, 0.717) is 13.0 Å². The van der Waals surface area contributed by atoms with Crippen LogP contribution < -0.4 is 10.1 Å². The van der Waals surface area contributed by atoms with Crippen molar-refractivity contribution in [3.8, 4) is 5.75 Å². The van der Waals surface area contributed by atoms with Crippen molar-refractivity contribution in [1.29, 1.82) is 0 Å². The maximum absolute atomic E-state index is 12.4. The number of hydrogen-bond acceptors (Lipinski definition) is 4. The molecule has 1 aromatic carbocycles. The molecule has 0 aliphatic carbocycles. The SMILES string of the molecule is COc1ccc(CCC2CCN(C(=O)CC3COCCN3)CC2)cc1. The minimum absolute atomic E-state index is 0.189. The second-order valence-corrected chi connectivity index (χ2v) is 7.14. The summed E-state index contributed by atoms with van der Waals surface area (Å²) in [6.45, 7) is 4.07. The van der Waals surface area contributed by atoms with Gasteiger partial charge in [0.2, 0.25) is 5.91 Å². The molecule has 0 radical (unpaired) electrons. The molecule has 2 aliphatic rings. The Morgan fingerprint density at radius 3 is 2.68 bits per heavy atom. The summed E-state index contributed by atoms with van der Waals surface area (Å²) in [4.78, 5) is 14.5. The molecule has 25 heavy (non-hydrogen) atoms. The summed E-state index contributed by atoms with van der Waals surface area (Å²) in [5.74, 6) is 1.91. The Labute approximate surface area is 150 Å². The minimum Gasteiger partial charge on any atom is -0.497 e. The molecule has 1 N–H and O–H groups in total. The van der Waals surface area contributed by atoms with Crippen LogP contribution in [0.3, 0.4) is 0 Å². The Morgan fingerprint density at radius 1 is 1.28 bits per heavy atom. The highest BCUT2D eigenvalue weighted by Crippen LogP contribution is 2.23. The predicted molar refractivity (Wildman–Crippen MR) is 97.8 cm³/mol. The van der Waals surface area contributed by atoms with E-state index in [1.54, 1.807) is 7.11 Å². The molecule has 0 aromatic heterocycles. The lowest BCUT2D eigenvalue weighted by molar-refractivity contribution is -0.133. The first-order valence-electron chi connectivity index (χ1n) is 9.46. The monoisotopic (exact) mass is 346 g/mol. The molecular formula is C20H30N2O3. The van der Waals surface area contributed by atoms with Crippen molar-refractivity contribution in [3.63, 3.8) is 0 Å². The zero-order chi connectivity index (χ0) is 17.5. The van der Waals surface area contributed by atoms with Crippen LogP contribution in [0.2, 0.25) is 0 Å². The first-order chi connectivity index (χ1) is 12.2. The number of hydrogen-bond donors (Lipinski definition) is 1. The van der Waals surface area contributed by atoms with Gasteiger partial charge in [-0.3, -0.25) is 4.79 Å². The normalized spacial score (nSPS) is 22.0. The van der Waals surface area contributed by atoms with Crippen LogP contribution in [0.1, 0.15) is 31.2 Å². The largest absolute Gasteiger partial charge is 0.497 e. The maximum atomic E-state index is 12.4. The van der Waals surface area contributed by atoms with Gasteiger partial charge in [0.15, 0.2) is 0 Å². The molecule has 5 heteroatoms. The summed E-state index contributed by atoms with van der Waals surface area (Å²) < 4.78 is 10.6. The van der Waals surface area contributed by atoms with Crippen molar-refractivity contribution in [3.05, 3.63) is 29.8 Å². The number of likely N-dealkylation sites (tertiary alicyclic amines) is 1. The number of nitrogens with one attached hydrogen (secondary N) is 1. The van der Waals surface area contributed by atoms with Crippen LogP contribution in [-0.4, -0.2) is 56.8 Å². The molecule has 2 saturated heterocycles. The molecule has 0 spiro atoms. The number of carbonyl (C=O) groups is 1. The third-order valence-electron chi connectivity index (χ3n) is 5.39. The van der Waals surface area contributed by atoms with Crippen LogP contribution >= 0.6 is 0 Å². The number of nitrogens with zero attached hydrogens (tertiary/aromatic N) is 1. The molecule has 1 aromatic rings. The molecule has 2 fully saturated rings. The topological polar surface area (TPSA) is 50.8 Å². The van der Waals surface area contributed by atoms with E-state index in [1.165, 1.54) is 12.0 Å². The van der Waals surface area contributed by atoms with Gasteiger partial charge in [0.25, 0.3) is 0 Å². The molecular weight excluding hydrogens is 316 g/mol. The highest BCUT2D eigenvalue weighted by molar-refractivity contribution is 5.77. The Hall–Kier alpha value is -1.59. The third-order valence-corrected chi connectivity index (χ3v) is 5.39. The van der Waals surface area contributed by atoms with Gasteiger partial charge in [-0.15, -0.1) is 0 Å². The highest BCUT2D eigenvalue weighted by atomic mass is 16.5. The Morgan fingerprint density at radius 2 is 2.04 bits per heavy atom. The summed E-state index contributed by atoms with van der Waals surface area (Å²) >= 11 is 0. The van der Waals surface area contributed by atoms with Gasteiger partial charge < -0.3 is 19.7 Å². The number of carbonyl (C=O) groups excluding carboxylic acids is 1. The Balaban J connectivity index is 1.36. The fourth-order valence-corrected chi connectivity index (χ4v) is 3.72. The fourth-order valence-electron chi connectivity index (χ4n) is 3.72. The average molecular weight is 346 g/mol. The second kappa shape index (κ2) is 9.20. The van der Waals surface area contributed by atoms with Gasteiger partial charge in [-0.1, -0.05) is 12.1 Å². The van der Waals surface area contributed by atoms with Crippen molar-refractivity contribution in [2.24, 2.45) is 5.92 Å². The maximum Gasteiger partial charge on any atom is 0.224 e. The first kappa shape index (κ1) is 18.2. The molecule has 1 unspecified atom stereocenters. The molecule has 2 heterocycles. The highest BCUT2D eigenvalue weighted by Gasteiger charge is 2.25. The number of rotatable bonds is 6. The number of piperidine rings is 1. The molecule has 138 valence electrons. The third kappa shape index (κ3) is 5.44. The van der Waals surface area contributed by atoms with E-state index >= 15 is 0 Å². The zero-order valence-corrected chi connectivity index (χ0v) is 15.2. The van der Waals surface area contributed by atoms with Crippen molar-refractivity contribution in [2.45, 2.75) is 38.1 Å². The average Bonchev–Trinajstić information content (AvgIpc) is 2.68. The minimum atomic E-state index is 0.189. The Bertz CT molecular complexity index is 532. The van der Waals surface area contributed by atoms with E-state index in [4.69, 9.17) is 9.47 Å². The lowest BCUT2D eigenvalue weighted by Gasteiger charge is -2.33.